The first-order chi connectivity index (χ1) is 11.1. The number of rotatable bonds is 5. The van der Waals surface area contributed by atoms with Crippen molar-refractivity contribution in [3.05, 3.63) is 34.5 Å². The Labute approximate surface area is 142 Å². The van der Waals surface area contributed by atoms with Crippen molar-refractivity contribution in [2.45, 2.75) is 39.3 Å². The lowest BCUT2D eigenvalue weighted by Gasteiger charge is -2.20. The van der Waals surface area contributed by atoms with Gasteiger partial charge in [0, 0.05) is 13.2 Å². The number of carbonyl (C=O) groups excluding carboxylic acids is 1. The summed E-state index contributed by atoms with van der Waals surface area (Å²) in [7, 11) is 1.36. The van der Waals surface area contributed by atoms with E-state index in [0.717, 1.165) is 22.9 Å². The van der Waals surface area contributed by atoms with E-state index in [1.165, 1.54) is 18.4 Å². The van der Waals surface area contributed by atoms with Crippen molar-refractivity contribution in [2.24, 2.45) is 13.0 Å². The molecule has 0 aliphatic rings. The van der Waals surface area contributed by atoms with Gasteiger partial charge in [-0.15, -0.1) is 11.3 Å². The van der Waals surface area contributed by atoms with E-state index >= 15 is 0 Å². The smallest absolute Gasteiger partial charge is 0.313 e. The summed E-state index contributed by atoms with van der Waals surface area (Å²) in [4.78, 5) is 12.4. The van der Waals surface area contributed by atoms with E-state index in [9.17, 15) is 18.0 Å². The van der Waals surface area contributed by atoms with Crippen molar-refractivity contribution in [3.63, 3.8) is 0 Å². The van der Waals surface area contributed by atoms with Gasteiger partial charge in [0.15, 0.2) is 5.69 Å². The highest BCUT2D eigenvalue weighted by Crippen LogP contribution is 2.37. The number of anilines is 1. The number of alkyl halides is 3. The van der Waals surface area contributed by atoms with Crippen LogP contribution in [0.1, 0.15) is 54.7 Å². The average Bonchev–Trinajstić information content (AvgIpc) is 3.06. The van der Waals surface area contributed by atoms with E-state index in [-0.39, 0.29) is 5.92 Å². The number of nitrogens with one attached hydrogen (secondary N) is 1. The van der Waals surface area contributed by atoms with E-state index in [4.69, 9.17) is 0 Å². The quantitative estimate of drug-likeness (QED) is 0.825. The van der Waals surface area contributed by atoms with Crippen LogP contribution in [0.4, 0.5) is 18.2 Å². The molecule has 0 radical (unpaired) electrons. The molecule has 2 aromatic rings. The van der Waals surface area contributed by atoms with Crippen LogP contribution >= 0.6 is 11.3 Å². The summed E-state index contributed by atoms with van der Waals surface area (Å²) < 4.78 is 40.0. The molecule has 0 spiro atoms. The molecule has 0 aliphatic carbocycles. The van der Waals surface area contributed by atoms with E-state index in [2.05, 4.69) is 31.2 Å². The maximum atomic E-state index is 13.0. The molecule has 1 amide bonds. The second-order valence-electron chi connectivity index (χ2n) is 5.98. The van der Waals surface area contributed by atoms with Crippen LogP contribution in [0, 0.1) is 5.92 Å². The first-order valence-electron chi connectivity index (χ1n) is 7.64. The summed E-state index contributed by atoms with van der Waals surface area (Å²) in [6.07, 6.45) is -2.70. The van der Waals surface area contributed by atoms with Crippen molar-refractivity contribution in [2.75, 3.05) is 5.32 Å². The Morgan fingerprint density at radius 2 is 2.08 bits per heavy atom. The molecular weight excluding hydrogens is 339 g/mol. The third-order valence-electron chi connectivity index (χ3n) is 3.91. The summed E-state index contributed by atoms with van der Waals surface area (Å²) in [6, 6.07) is 1.92. The first-order valence-corrected chi connectivity index (χ1v) is 8.52. The highest BCUT2D eigenvalue weighted by atomic mass is 32.1. The van der Waals surface area contributed by atoms with Gasteiger partial charge in [-0.3, -0.25) is 9.48 Å². The highest BCUT2D eigenvalue weighted by molar-refractivity contribution is 7.14. The van der Waals surface area contributed by atoms with Crippen LogP contribution in [0.15, 0.2) is 17.6 Å². The van der Waals surface area contributed by atoms with Gasteiger partial charge in [-0.2, -0.15) is 18.3 Å². The first kappa shape index (κ1) is 18.5. The summed E-state index contributed by atoms with van der Waals surface area (Å²) in [5.74, 6) is -0.190. The third kappa shape index (κ3) is 3.80. The summed E-state index contributed by atoms with van der Waals surface area (Å²) in [5.41, 5.74) is -0.679. The zero-order chi connectivity index (χ0) is 18.1. The van der Waals surface area contributed by atoms with Gasteiger partial charge in [0.2, 0.25) is 0 Å². The second kappa shape index (κ2) is 6.96. The van der Waals surface area contributed by atoms with Crippen molar-refractivity contribution in [3.8, 4) is 0 Å². The second-order valence-corrected chi connectivity index (χ2v) is 6.90. The number of amides is 1. The van der Waals surface area contributed by atoms with Crippen LogP contribution < -0.4 is 5.32 Å². The topological polar surface area (TPSA) is 46.9 Å². The Hall–Kier alpha value is -1.83. The monoisotopic (exact) mass is 359 g/mol. The summed E-state index contributed by atoms with van der Waals surface area (Å²) in [6.45, 7) is 6.22. The molecule has 1 N–H and O–H groups in total. The molecule has 0 saturated heterocycles. The lowest BCUT2D eigenvalue weighted by atomic mass is 9.87. The van der Waals surface area contributed by atoms with Gasteiger partial charge >= 0.3 is 6.18 Å². The molecular formula is C16H20F3N3OS. The molecule has 8 heteroatoms. The number of halogens is 3. The average molecular weight is 359 g/mol. The van der Waals surface area contributed by atoms with Crippen LogP contribution in [-0.2, 0) is 13.2 Å². The van der Waals surface area contributed by atoms with E-state index < -0.39 is 23.3 Å². The minimum absolute atomic E-state index is 0.238. The zero-order valence-corrected chi connectivity index (χ0v) is 14.8. The SMILES string of the molecule is CCC(c1ccsc1NC(=O)c1cn(C)nc1C(F)(F)F)C(C)C. The summed E-state index contributed by atoms with van der Waals surface area (Å²) in [5, 5.41) is 8.43. The summed E-state index contributed by atoms with van der Waals surface area (Å²) >= 11 is 1.31. The number of aryl methyl sites for hydroxylation is 1. The molecule has 1 atom stereocenters. The number of hydrogen-bond donors (Lipinski definition) is 1. The molecule has 2 heterocycles. The molecule has 4 nitrogen and oxygen atoms in total. The van der Waals surface area contributed by atoms with Gasteiger partial charge in [0.05, 0.1) is 10.6 Å². The fourth-order valence-electron chi connectivity index (χ4n) is 2.80. The van der Waals surface area contributed by atoms with Crippen molar-refractivity contribution >= 4 is 22.2 Å². The molecule has 0 fully saturated rings. The van der Waals surface area contributed by atoms with Gasteiger partial charge in [-0.25, -0.2) is 0 Å². The van der Waals surface area contributed by atoms with Gasteiger partial charge < -0.3 is 5.32 Å². The van der Waals surface area contributed by atoms with Crippen LogP contribution in [0.25, 0.3) is 0 Å². The maximum Gasteiger partial charge on any atom is 0.435 e. The predicted octanol–water partition coefficient (Wildman–Crippen LogP) is 4.90. The van der Waals surface area contributed by atoms with Crippen molar-refractivity contribution in [1.29, 1.82) is 0 Å². The highest BCUT2D eigenvalue weighted by Gasteiger charge is 2.39. The van der Waals surface area contributed by atoms with Crippen molar-refractivity contribution < 1.29 is 18.0 Å². The zero-order valence-electron chi connectivity index (χ0n) is 13.9. The Morgan fingerprint density at radius 3 is 2.62 bits per heavy atom. The fourth-order valence-corrected chi connectivity index (χ4v) is 3.66. The largest absolute Gasteiger partial charge is 0.435 e. The molecule has 24 heavy (non-hydrogen) atoms. The maximum absolute atomic E-state index is 13.0. The standard InChI is InChI=1S/C16H20F3N3OS/c1-5-10(9(2)3)11-6-7-24-15(11)20-14(23)12-8-22(4)21-13(12)16(17,18)19/h6-10H,5H2,1-4H3,(H,20,23). The third-order valence-corrected chi connectivity index (χ3v) is 4.75. The van der Waals surface area contributed by atoms with Crippen LogP contribution in [0.3, 0.4) is 0 Å². The molecule has 132 valence electrons. The minimum atomic E-state index is -4.67. The van der Waals surface area contributed by atoms with Crippen LogP contribution in [0.5, 0.6) is 0 Å². The lowest BCUT2D eigenvalue weighted by Crippen LogP contribution is -2.18. The Balaban J connectivity index is 2.31. The minimum Gasteiger partial charge on any atom is -0.313 e. The molecule has 0 aliphatic heterocycles. The number of nitrogens with zero attached hydrogens (tertiary/aromatic N) is 2. The van der Waals surface area contributed by atoms with E-state index in [1.54, 1.807) is 0 Å². The molecule has 0 saturated carbocycles. The van der Waals surface area contributed by atoms with Crippen LogP contribution in [-0.4, -0.2) is 15.7 Å². The molecule has 0 aromatic carbocycles. The van der Waals surface area contributed by atoms with E-state index in [0.29, 0.717) is 10.9 Å². The van der Waals surface area contributed by atoms with Gasteiger partial charge in [-0.05, 0) is 35.3 Å². The Bertz CT molecular complexity index is 718. The number of thiophene rings is 1. The molecule has 0 bridgehead atoms. The van der Waals surface area contributed by atoms with Gasteiger partial charge in [-0.1, -0.05) is 20.8 Å². The molecule has 1 unspecified atom stereocenters. The Morgan fingerprint density at radius 1 is 1.42 bits per heavy atom. The number of aromatic nitrogens is 2. The number of carbonyl (C=O) groups is 1. The lowest BCUT2D eigenvalue weighted by molar-refractivity contribution is -0.141. The predicted molar refractivity (Wildman–Crippen MR) is 88.4 cm³/mol. The van der Waals surface area contributed by atoms with Crippen molar-refractivity contribution in [1.82, 2.24) is 9.78 Å². The molecule has 2 rings (SSSR count). The normalized spacial score (nSPS) is 13.3. The van der Waals surface area contributed by atoms with Crippen LogP contribution in [0.2, 0.25) is 0 Å². The van der Waals surface area contributed by atoms with E-state index in [1.807, 2.05) is 11.4 Å². The molecule has 2 aromatic heterocycles. The van der Waals surface area contributed by atoms with Gasteiger partial charge in [0.25, 0.3) is 5.91 Å². The fraction of sp³-hybridized carbons (Fsp3) is 0.500. The van der Waals surface area contributed by atoms with Gasteiger partial charge in [0.1, 0.15) is 0 Å². The Kier molecular flexibility index (Phi) is 5.37. The number of hydrogen-bond acceptors (Lipinski definition) is 3.